The summed E-state index contributed by atoms with van der Waals surface area (Å²) in [6, 6.07) is 0. The van der Waals surface area contributed by atoms with Gasteiger partial charge in [0.25, 0.3) is 5.91 Å². The van der Waals surface area contributed by atoms with Crippen LogP contribution in [0.1, 0.15) is 60.8 Å². The Balaban J connectivity index is 1.51. The molecular formula is C15H22N2O3. The molecule has 1 aromatic rings. The van der Waals surface area contributed by atoms with Gasteiger partial charge in [-0.15, -0.1) is 0 Å². The Morgan fingerprint density at radius 3 is 2.90 bits per heavy atom. The number of nitrogens with zero attached hydrogens (tertiary/aromatic N) is 1. The predicted octanol–water partition coefficient (Wildman–Crippen LogP) is 2.49. The molecule has 5 heteroatoms. The van der Waals surface area contributed by atoms with Gasteiger partial charge in [-0.25, -0.2) is 4.98 Å². The third kappa shape index (κ3) is 3.20. The number of rotatable bonds is 4. The predicted molar refractivity (Wildman–Crippen MR) is 73.6 cm³/mol. The molecule has 5 nitrogen and oxygen atoms in total. The van der Waals surface area contributed by atoms with Gasteiger partial charge in [-0.1, -0.05) is 12.8 Å². The van der Waals surface area contributed by atoms with Gasteiger partial charge in [0.05, 0.1) is 6.61 Å². The molecule has 110 valence electrons. The molecule has 0 bridgehead atoms. The van der Waals surface area contributed by atoms with E-state index in [9.17, 15) is 4.79 Å². The first-order valence-corrected chi connectivity index (χ1v) is 7.64. The van der Waals surface area contributed by atoms with Crippen LogP contribution in [-0.2, 0) is 4.74 Å². The lowest BCUT2D eigenvalue weighted by molar-refractivity contribution is 0.0535. The van der Waals surface area contributed by atoms with E-state index in [1.807, 2.05) is 0 Å². The van der Waals surface area contributed by atoms with Gasteiger partial charge in [0, 0.05) is 19.1 Å². The molecule has 20 heavy (non-hydrogen) atoms. The molecule has 1 aliphatic carbocycles. The first-order chi connectivity index (χ1) is 9.83. The average Bonchev–Trinajstić information content (AvgIpc) is 3.16. The summed E-state index contributed by atoms with van der Waals surface area (Å²) in [7, 11) is 0. The zero-order valence-corrected chi connectivity index (χ0v) is 11.8. The summed E-state index contributed by atoms with van der Waals surface area (Å²) in [4.78, 5) is 16.4. The van der Waals surface area contributed by atoms with Gasteiger partial charge < -0.3 is 14.5 Å². The smallest absolute Gasteiger partial charge is 0.273 e. The zero-order chi connectivity index (χ0) is 13.8. The van der Waals surface area contributed by atoms with Crippen molar-refractivity contribution in [3.8, 4) is 0 Å². The number of hydrogen-bond donors (Lipinski definition) is 1. The van der Waals surface area contributed by atoms with Crippen molar-refractivity contribution in [2.75, 3.05) is 19.8 Å². The minimum Gasteiger partial charge on any atom is -0.448 e. The molecule has 0 unspecified atom stereocenters. The van der Waals surface area contributed by atoms with Crippen LogP contribution in [0.25, 0.3) is 0 Å². The van der Waals surface area contributed by atoms with E-state index in [1.165, 1.54) is 19.1 Å². The highest BCUT2D eigenvalue weighted by molar-refractivity contribution is 5.91. The van der Waals surface area contributed by atoms with Crippen molar-refractivity contribution >= 4 is 5.91 Å². The quantitative estimate of drug-likeness (QED) is 0.919. The van der Waals surface area contributed by atoms with Gasteiger partial charge in [-0.3, -0.25) is 4.79 Å². The first kappa shape index (κ1) is 13.6. The molecule has 2 fully saturated rings. The van der Waals surface area contributed by atoms with Crippen LogP contribution in [0.5, 0.6) is 0 Å². The van der Waals surface area contributed by atoms with Crippen LogP contribution in [0.2, 0.25) is 0 Å². The molecule has 3 rings (SSSR count). The lowest BCUT2D eigenvalue weighted by atomic mass is 10.0. The van der Waals surface area contributed by atoms with Gasteiger partial charge in [-0.2, -0.15) is 0 Å². The topological polar surface area (TPSA) is 64.4 Å². The highest BCUT2D eigenvalue weighted by atomic mass is 16.5. The number of hydrogen-bond acceptors (Lipinski definition) is 4. The Kier molecular flexibility index (Phi) is 4.35. The second-order valence-electron chi connectivity index (χ2n) is 5.85. The Labute approximate surface area is 119 Å². The molecule has 1 N–H and O–H groups in total. The maximum absolute atomic E-state index is 12.0. The van der Waals surface area contributed by atoms with Crippen LogP contribution in [-0.4, -0.2) is 30.6 Å². The highest BCUT2D eigenvalue weighted by Gasteiger charge is 2.23. The Morgan fingerprint density at radius 1 is 1.30 bits per heavy atom. The largest absolute Gasteiger partial charge is 0.448 e. The Hall–Kier alpha value is -1.36. The van der Waals surface area contributed by atoms with E-state index < -0.39 is 0 Å². The molecular weight excluding hydrogens is 256 g/mol. The van der Waals surface area contributed by atoms with Gasteiger partial charge in [0.1, 0.15) is 6.26 Å². The number of carbonyl (C=O) groups is 1. The number of oxazole rings is 1. The van der Waals surface area contributed by atoms with Gasteiger partial charge in [-0.05, 0) is 31.6 Å². The summed E-state index contributed by atoms with van der Waals surface area (Å²) in [5, 5.41) is 2.93. The normalized spacial score (nSPS) is 23.9. The Bertz CT molecular complexity index is 446. The number of nitrogens with one attached hydrogen (secondary N) is 1. The molecule has 2 heterocycles. The summed E-state index contributed by atoms with van der Waals surface area (Å²) < 4.78 is 10.9. The molecule has 1 aliphatic heterocycles. The van der Waals surface area contributed by atoms with Gasteiger partial charge in [0.2, 0.25) is 0 Å². The summed E-state index contributed by atoms with van der Waals surface area (Å²) in [5.41, 5.74) is 0.406. The van der Waals surface area contributed by atoms with E-state index in [0.29, 0.717) is 24.1 Å². The van der Waals surface area contributed by atoms with Crippen LogP contribution in [0.3, 0.4) is 0 Å². The zero-order valence-electron chi connectivity index (χ0n) is 11.8. The van der Waals surface area contributed by atoms with Crippen molar-refractivity contribution in [3.05, 3.63) is 17.8 Å². The minimum atomic E-state index is -0.136. The molecule has 1 saturated carbocycles. The van der Waals surface area contributed by atoms with E-state index >= 15 is 0 Å². The molecule has 1 atom stereocenters. The monoisotopic (exact) mass is 278 g/mol. The first-order valence-electron chi connectivity index (χ1n) is 7.64. The average molecular weight is 278 g/mol. The fourth-order valence-corrected chi connectivity index (χ4v) is 3.05. The summed E-state index contributed by atoms with van der Waals surface area (Å²) in [6.07, 6.45) is 8.40. The van der Waals surface area contributed by atoms with Crippen molar-refractivity contribution in [1.29, 1.82) is 0 Å². The SMILES string of the molecule is O=C(NC[C@H]1CCCOC1)c1coc(C2CCCC2)n1. The minimum absolute atomic E-state index is 0.136. The van der Waals surface area contributed by atoms with Crippen molar-refractivity contribution in [2.24, 2.45) is 5.92 Å². The third-order valence-electron chi connectivity index (χ3n) is 4.26. The van der Waals surface area contributed by atoms with E-state index in [0.717, 1.165) is 44.8 Å². The number of carbonyl (C=O) groups excluding carboxylic acids is 1. The number of amides is 1. The van der Waals surface area contributed by atoms with Gasteiger partial charge in [0.15, 0.2) is 11.6 Å². The van der Waals surface area contributed by atoms with Crippen LogP contribution in [0, 0.1) is 5.92 Å². The second-order valence-corrected chi connectivity index (χ2v) is 5.85. The van der Waals surface area contributed by atoms with Gasteiger partial charge >= 0.3 is 0 Å². The molecule has 1 aromatic heterocycles. The van der Waals surface area contributed by atoms with Crippen LogP contribution in [0.4, 0.5) is 0 Å². The van der Waals surface area contributed by atoms with E-state index in [4.69, 9.17) is 9.15 Å². The van der Waals surface area contributed by atoms with Crippen molar-refractivity contribution < 1.29 is 13.9 Å². The van der Waals surface area contributed by atoms with Crippen molar-refractivity contribution in [1.82, 2.24) is 10.3 Å². The highest BCUT2D eigenvalue weighted by Crippen LogP contribution is 2.33. The van der Waals surface area contributed by atoms with Crippen molar-refractivity contribution in [3.63, 3.8) is 0 Å². The van der Waals surface area contributed by atoms with Crippen LogP contribution in [0.15, 0.2) is 10.7 Å². The van der Waals surface area contributed by atoms with E-state index in [1.54, 1.807) is 0 Å². The number of aromatic nitrogens is 1. The summed E-state index contributed by atoms with van der Waals surface area (Å²) >= 11 is 0. The molecule has 1 saturated heterocycles. The van der Waals surface area contributed by atoms with Crippen LogP contribution < -0.4 is 5.32 Å². The Morgan fingerprint density at radius 2 is 2.15 bits per heavy atom. The molecule has 1 amide bonds. The molecule has 2 aliphatic rings. The molecule has 0 spiro atoms. The fourth-order valence-electron chi connectivity index (χ4n) is 3.05. The van der Waals surface area contributed by atoms with E-state index in [-0.39, 0.29) is 5.91 Å². The summed E-state index contributed by atoms with van der Waals surface area (Å²) in [6.45, 7) is 2.25. The third-order valence-corrected chi connectivity index (χ3v) is 4.26. The lowest BCUT2D eigenvalue weighted by Gasteiger charge is -2.21. The molecule has 0 aromatic carbocycles. The standard InChI is InChI=1S/C15H22N2O3/c18-14(16-8-11-4-3-7-19-9-11)13-10-20-15(17-13)12-5-1-2-6-12/h10-12H,1-9H2,(H,16,18)/t11-/m1/s1. The van der Waals surface area contributed by atoms with E-state index in [2.05, 4.69) is 10.3 Å². The lowest BCUT2D eigenvalue weighted by Crippen LogP contribution is -2.33. The van der Waals surface area contributed by atoms with Crippen molar-refractivity contribution in [2.45, 2.75) is 44.4 Å². The number of ether oxygens (including phenoxy) is 1. The summed E-state index contributed by atoms with van der Waals surface area (Å²) in [5.74, 6) is 1.43. The van der Waals surface area contributed by atoms with Crippen LogP contribution >= 0.6 is 0 Å². The molecule has 0 radical (unpaired) electrons. The second kappa shape index (κ2) is 6.39. The maximum Gasteiger partial charge on any atom is 0.273 e. The fraction of sp³-hybridized carbons (Fsp3) is 0.733. The maximum atomic E-state index is 12.0.